The van der Waals surface area contributed by atoms with Gasteiger partial charge in [0.15, 0.2) is 21.3 Å². The molecule has 35 heavy (non-hydrogen) atoms. The molecule has 0 aliphatic carbocycles. The number of hydrogen-bond donors (Lipinski definition) is 1. The van der Waals surface area contributed by atoms with Crippen molar-refractivity contribution in [1.29, 1.82) is 0 Å². The summed E-state index contributed by atoms with van der Waals surface area (Å²) in [7, 11) is -3.48. The Hall–Kier alpha value is -3.47. The summed E-state index contributed by atoms with van der Waals surface area (Å²) in [6.07, 6.45) is 6.69. The van der Waals surface area contributed by atoms with Crippen LogP contribution in [0, 0.1) is 5.82 Å². The summed E-state index contributed by atoms with van der Waals surface area (Å²) in [6.45, 7) is 5.67. The van der Waals surface area contributed by atoms with Crippen molar-refractivity contribution in [2.75, 3.05) is 29.6 Å². The van der Waals surface area contributed by atoms with E-state index in [1.165, 1.54) is 12.1 Å². The maximum absolute atomic E-state index is 14.6. The molecule has 0 radical (unpaired) electrons. The highest BCUT2D eigenvalue weighted by Crippen LogP contribution is 2.33. The fourth-order valence-corrected chi connectivity index (χ4v) is 4.99. The van der Waals surface area contributed by atoms with E-state index in [4.69, 9.17) is 4.52 Å². The Balaban J connectivity index is 1.34. The van der Waals surface area contributed by atoms with Crippen LogP contribution in [-0.2, 0) is 9.84 Å². The van der Waals surface area contributed by atoms with Gasteiger partial charge in [-0.2, -0.15) is 4.98 Å². The number of imidazole rings is 1. The SMILES string of the molecule is CC(C)c1noc(N2CCC(c3cnc4c(Nc5ccc(S(C)(=O)=O)cc5F)cccn34)CC2)n1. The Kier molecular flexibility index (Phi) is 5.96. The topological polar surface area (TPSA) is 106 Å². The zero-order chi connectivity index (χ0) is 24.7. The Morgan fingerprint density at radius 3 is 2.60 bits per heavy atom. The van der Waals surface area contributed by atoms with Gasteiger partial charge in [0, 0.05) is 49.3 Å². The molecule has 1 aromatic carbocycles. The average Bonchev–Trinajstić information content (AvgIpc) is 3.48. The monoisotopic (exact) mass is 498 g/mol. The number of anilines is 3. The molecule has 1 fully saturated rings. The number of benzene rings is 1. The van der Waals surface area contributed by atoms with Gasteiger partial charge in [0.05, 0.1) is 16.3 Å². The van der Waals surface area contributed by atoms with Crippen molar-refractivity contribution in [3.05, 3.63) is 60.1 Å². The summed E-state index contributed by atoms with van der Waals surface area (Å²) in [6, 6.07) is 8.11. The first-order valence-corrected chi connectivity index (χ1v) is 13.4. The molecule has 184 valence electrons. The van der Waals surface area contributed by atoms with Crippen LogP contribution in [0.2, 0.25) is 0 Å². The molecule has 0 saturated carbocycles. The molecule has 0 bridgehead atoms. The van der Waals surface area contributed by atoms with Crippen LogP contribution in [0.1, 0.15) is 50.0 Å². The molecule has 1 aliphatic heterocycles. The van der Waals surface area contributed by atoms with Gasteiger partial charge in [-0.25, -0.2) is 17.8 Å². The summed E-state index contributed by atoms with van der Waals surface area (Å²) < 4.78 is 45.5. The summed E-state index contributed by atoms with van der Waals surface area (Å²) in [5.74, 6) is 0.592. The number of fused-ring (bicyclic) bond motifs is 1. The molecule has 1 aliphatic rings. The highest BCUT2D eigenvalue weighted by molar-refractivity contribution is 7.90. The average molecular weight is 499 g/mol. The van der Waals surface area contributed by atoms with E-state index in [1.54, 1.807) is 0 Å². The fraction of sp³-hybridized carbons (Fsp3) is 0.375. The molecule has 0 atom stereocenters. The van der Waals surface area contributed by atoms with Crippen LogP contribution in [0.5, 0.6) is 0 Å². The summed E-state index contributed by atoms with van der Waals surface area (Å²) in [5, 5.41) is 7.12. The molecule has 4 heterocycles. The maximum Gasteiger partial charge on any atom is 0.324 e. The third-order valence-corrected chi connectivity index (χ3v) is 7.44. The van der Waals surface area contributed by atoms with E-state index in [2.05, 4.69) is 25.3 Å². The maximum atomic E-state index is 14.6. The van der Waals surface area contributed by atoms with Crippen molar-refractivity contribution < 1.29 is 17.3 Å². The van der Waals surface area contributed by atoms with E-state index in [1.807, 2.05) is 42.8 Å². The van der Waals surface area contributed by atoms with Crippen molar-refractivity contribution >= 4 is 32.9 Å². The number of nitrogens with zero attached hydrogens (tertiary/aromatic N) is 5. The Labute approximate surface area is 202 Å². The molecule has 0 unspecified atom stereocenters. The second-order valence-electron chi connectivity index (χ2n) is 9.19. The van der Waals surface area contributed by atoms with Crippen LogP contribution in [-0.4, -0.2) is 47.3 Å². The number of rotatable bonds is 6. The van der Waals surface area contributed by atoms with Crippen LogP contribution in [0.4, 0.5) is 21.8 Å². The lowest BCUT2D eigenvalue weighted by molar-refractivity contribution is 0.386. The van der Waals surface area contributed by atoms with Gasteiger partial charge in [-0.15, -0.1) is 0 Å². The molecule has 0 spiro atoms. The number of pyridine rings is 1. The number of halogens is 1. The lowest BCUT2D eigenvalue weighted by Crippen LogP contribution is -2.33. The molecular weight excluding hydrogens is 471 g/mol. The Bertz CT molecular complexity index is 1470. The first-order valence-electron chi connectivity index (χ1n) is 11.5. The van der Waals surface area contributed by atoms with Gasteiger partial charge in [-0.1, -0.05) is 19.0 Å². The van der Waals surface area contributed by atoms with Crippen LogP contribution in [0.25, 0.3) is 5.65 Å². The Morgan fingerprint density at radius 2 is 1.94 bits per heavy atom. The highest BCUT2D eigenvalue weighted by atomic mass is 32.2. The fourth-order valence-electron chi connectivity index (χ4n) is 4.36. The van der Waals surface area contributed by atoms with E-state index in [-0.39, 0.29) is 16.5 Å². The van der Waals surface area contributed by atoms with Crippen molar-refractivity contribution in [2.45, 2.75) is 43.4 Å². The highest BCUT2D eigenvalue weighted by Gasteiger charge is 2.26. The first kappa shape index (κ1) is 23.3. The Morgan fingerprint density at radius 1 is 1.17 bits per heavy atom. The second kappa shape index (κ2) is 8.95. The number of nitrogens with one attached hydrogen (secondary N) is 1. The second-order valence-corrected chi connectivity index (χ2v) is 11.2. The van der Waals surface area contributed by atoms with E-state index in [0.29, 0.717) is 29.1 Å². The lowest BCUT2D eigenvalue weighted by Gasteiger charge is -2.30. The molecule has 9 nitrogen and oxygen atoms in total. The van der Waals surface area contributed by atoms with Crippen molar-refractivity contribution in [1.82, 2.24) is 19.5 Å². The quantitative estimate of drug-likeness (QED) is 0.414. The third-order valence-electron chi connectivity index (χ3n) is 6.33. The molecule has 4 aromatic rings. The number of aromatic nitrogens is 4. The van der Waals surface area contributed by atoms with Crippen molar-refractivity contribution in [2.24, 2.45) is 0 Å². The first-order chi connectivity index (χ1) is 16.7. The van der Waals surface area contributed by atoms with E-state index in [0.717, 1.165) is 43.9 Å². The predicted molar refractivity (Wildman–Crippen MR) is 131 cm³/mol. The minimum Gasteiger partial charge on any atom is -0.350 e. The third kappa shape index (κ3) is 4.60. The summed E-state index contributed by atoms with van der Waals surface area (Å²) >= 11 is 0. The number of piperidine rings is 1. The molecule has 5 rings (SSSR count). The van der Waals surface area contributed by atoms with Gasteiger partial charge in [-0.05, 0) is 43.2 Å². The van der Waals surface area contributed by atoms with Gasteiger partial charge in [0.25, 0.3) is 0 Å². The van der Waals surface area contributed by atoms with Gasteiger partial charge >= 0.3 is 6.01 Å². The zero-order valence-electron chi connectivity index (χ0n) is 19.8. The van der Waals surface area contributed by atoms with Crippen LogP contribution in [0.15, 0.2) is 52.1 Å². The molecular formula is C24H27FN6O3S. The largest absolute Gasteiger partial charge is 0.350 e. The normalized spacial score (nSPS) is 15.3. The van der Waals surface area contributed by atoms with Crippen molar-refractivity contribution in [3.8, 4) is 0 Å². The predicted octanol–water partition coefficient (Wildman–Crippen LogP) is 4.51. The number of hydrogen-bond acceptors (Lipinski definition) is 8. The lowest BCUT2D eigenvalue weighted by atomic mass is 9.94. The van der Waals surface area contributed by atoms with Gasteiger partial charge in [-0.3, -0.25) is 0 Å². The summed E-state index contributed by atoms with van der Waals surface area (Å²) in [4.78, 5) is 11.2. The smallest absolute Gasteiger partial charge is 0.324 e. The van der Waals surface area contributed by atoms with Crippen LogP contribution in [0.3, 0.4) is 0 Å². The molecule has 11 heteroatoms. The van der Waals surface area contributed by atoms with Gasteiger partial charge < -0.3 is 19.1 Å². The summed E-state index contributed by atoms with van der Waals surface area (Å²) in [5.41, 5.74) is 2.58. The minimum atomic E-state index is -3.48. The van der Waals surface area contributed by atoms with Gasteiger partial charge in [0.1, 0.15) is 5.82 Å². The van der Waals surface area contributed by atoms with E-state index in [9.17, 15) is 12.8 Å². The molecule has 1 saturated heterocycles. The van der Waals surface area contributed by atoms with Gasteiger partial charge in [0.2, 0.25) is 0 Å². The molecule has 0 amide bonds. The van der Waals surface area contributed by atoms with Crippen molar-refractivity contribution in [3.63, 3.8) is 0 Å². The van der Waals surface area contributed by atoms with Crippen LogP contribution >= 0.6 is 0 Å². The van der Waals surface area contributed by atoms with E-state index >= 15 is 0 Å². The molecule has 1 N–H and O–H groups in total. The number of sulfone groups is 1. The zero-order valence-corrected chi connectivity index (χ0v) is 20.6. The van der Waals surface area contributed by atoms with E-state index < -0.39 is 15.7 Å². The van der Waals surface area contributed by atoms with Crippen LogP contribution < -0.4 is 10.2 Å². The minimum absolute atomic E-state index is 0.0610. The molecule has 3 aromatic heterocycles. The standard InChI is InChI=1S/C24H27FN6O3S/c1-15(2)22-28-24(34-29-22)30-11-8-16(9-12-30)21-14-26-23-20(5-4-10-31(21)23)27-19-7-6-17(13-18(19)25)35(3,32)33/h4-7,10,13-16,27H,8-9,11-12H2,1-3H3.